The topological polar surface area (TPSA) is 55.6 Å². The van der Waals surface area contributed by atoms with Gasteiger partial charge in [0.2, 0.25) is 5.91 Å². The summed E-state index contributed by atoms with van der Waals surface area (Å²) < 4.78 is 5.78. The molecular formula is C19H20Cl2N2O2. The molecular weight excluding hydrogens is 359 g/mol. The van der Waals surface area contributed by atoms with Crippen molar-refractivity contribution in [1.29, 1.82) is 0 Å². The average molecular weight is 379 g/mol. The maximum Gasteiger partial charge on any atom is 0.234 e. The highest BCUT2D eigenvalue weighted by Crippen LogP contribution is 2.27. The highest BCUT2D eigenvalue weighted by molar-refractivity contribution is 6.31. The van der Waals surface area contributed by atoms with Crippen LogP contribution in [-0.4, -0.2) is 23.4 Å². The molecule has 1 aliphatic rings. The zero-order valence-electron chi connectivity index (χ0n) is 13.8. The third-order valence-electron chi connectivity index (χ3n) is 4.38. The molecule has 0 spiro atoms. The van der Waals surface area contributed by atoms with Crippen LogP contribution in [-0.2, 0) is 17.9 Å². The van der Waals surface area contributed by atoms with E-state index in [1.165, 1.54) is 0 Å². The van der Waals surface area contributed by atoms with Gasteiger partial charge < -0.3 is 10.5 Å². The first-order valence-electron chi connectivity index (χ1n) is 8.22. The van der Waals surface area contributed by atoms with E-state index in [9.17, 15) is 4.79 Å². The van der Waals surface area contributed by atoms with Crippen molar-refractivity contribution in [3.63, 3.8) is 0 Å². The molecule has 1 amide bonds. The molecule has 1 unspecified atom stereocenters. The minimum absolute atomic E-state index is 0.199. The van der Waals surface area contributed by atoms with Crippen LogP contribution in [0.1, 0.15) is 24.0 Å². The van der Waals surface area contributed by atoms with E-state index in [0.717, 1.165) is 30.5 Å². The summed E-state index contributed by atoms with van der Waals surface area (Å²) in [5.41, 5.74) is 7.42. The number of halogens is 2. The fraction of sp³-hybridized carbons (Fsp3) is 0.316. The number of benzene rings is 2. The van der Waals surface area contributed by atoms with E-state index in [1.807, 2.05) is 36.4 Å². The maximum atomic E-state index is 11.5. The van der Waals surface area contributed by atoms with Gasteiger partial charge >= 0.3 is 0 Å². The molecule has 0 saturated carbocycles. The van der Waals surface area contributed by atoms with Gasteiger partial charge in [-0.05, 0) is 54.8 Å². The van der Waals surface area contributed by atoms with Crippen molar-refractivity contribution in [3.05, 3.63) is 63.6 Å². The van der Waals surface area contributed by atoms with Crippen molar-refractivity contribution in [2.75, 3.05) is 6.54 Å². The number of amides is 1. The van der Waals surface area contributed by atoms with E-state index in [2.05, 4.69) is 4.90 Å². The van der Waals surface area contributed by atoms with Crippen LogP contribution in [0.2, 0.25) is 10.0 Å². The summed E-state index contributed by atoms with van der Waals surface area (Å²) in [6.07, 6.45) is 1.79. The molecule has 1 fully saturated rings. The Hall–Kier alpha value is -1.75. The van der Waals surface area contributed by atoms with Gasteiger partial charge in [0.05, 0.1) is 6.04 Å². The van der Waals surface area contributed by atoms with E-state index in [-0.39, 0.29) is 11.9 Å². The Kier molecular flexibility index (Phi) is 5.84. The van der Waals surface area contributed by atoms with Crippen LogP contribution in [0.15, 0.2) is 42.5 Å². The van der Waals surface area contributed by atoms with Crippen LogP contribution in [0.5, 0.6) is 5.75 Å². The fourth-order valence-corrected chi connectivity index (χ4v) is 3.54. The smallest absolute Gasteiger partial charge is 0.234 e. The van der Waals surface area contributed by atoms with Gasteiger partial charge in [-0.2, -0.15) is 0 Å². The van der Waals surface area contributed by atoms with Crippen LogP contribution in [0.3, 0.4) is 0 Å². The van der Waals surface area contributed by atoms with Crippen LogP contribution in [0, 0.1) is 0 Å². The van der Waals surface area contributed by atoms with Gasteiger partial charge in [0.25, 0.3) is 0 Å². The van der Waals surface area contributed by atoms with Crippen LogP contribution < -0.4 is 10.5 Å². The second-order valence-electron chi connectivity index (χ2n) is 6.20. The van der Waals surface area contributed by atoms with Crippen LogP contribution in [0.25, 0.3) is 0 Å². The maximum absolute atomic E-state index is 11.5. The lowest BCUT2D eigenvalue weighted by Gasteiger charge is -2.22. The molecule has 1 saturated heterocycles. The van der Waals surface area contributed by atoms with Crippen LogP contribution >= 0.6 is 23.2 Å². The number of ether oxygens (including phenoxy) is 1. The second kappa shape index (κ2) is 8.09. The zero-order chi connectivity index (χ0) is 17.8. The van der Waals surface area contributed by atoms with E-state index in [1.54, 1.807) is 6.07 Å². The number of likely N-dealkylation sites (tertiary alicyclic amines) is 1. The quantitative estimate of drug-likeness (QED) is 0.825. The SMILES string of the molecule is NC(=O)C1CCCN1Cc1ccc(OCc2cccc(Cl)c2)cc1Cl. The van der Waals surface area contributed by atoms with Gasteiger partial charge in [-0.15, -0.1) is 0 Å². The Balaban J connectivity index is 1.63. The van der Waals surface area contributed by atoms with E-state index in [4.69, 9.17) is 33.7 Å². The summed E-state index contributed by atoms with van der Waals surface area (Å²) in [6.45, 7) is 1.89. The third kappa shape index (κ3) is 4.66. The van der Waals surface area contributed by atoms with E-state index < -0.39 is 0 Å². The molecule has 6 heteroatoms. The summed E-state index contributed by atoms with van der Waals surface area (Å²) in [6, 6.07) is 13.0. The number of hydrogen-bond acceptors (Lipinski definition) is 3. The molecule has 2 N–H and O–H groups in total. The van der Waals surface area contributed by atoms with Crippen molar-refractivity contribution < 1.29 is 9.53 Å². The lowest BCUT2D eigenvalue weighted by Crippen LogP contribution is -2.39. The van der Waals surface area contributed by atoms with Gasteiger partial charge in [-0.1, -0.05) is 41.4 Å². The summed E-state index contributed by atoms with van der Waals surface area (Å²) in [5.74, 6) is 0.427. The number of carbonyl (C=O) groups is 1. The molecule has 0 aromatic heterocycles. The molecule has 2 aromatic rings. The highest BCUT2D eigenvalue weighted by Gasteiger charge is 2.29. The van der Waals surface area contributed by atoms with Gasteiger partial charge in [0, 0.05) is 16.6 Å². The standard InChI is InChI=1S/C19H20Cl2N2O2/c20-15-4-1-3-13(9-15)12-25-16-7-6-14(17(21)10-16)11-23-8-2-5-18(23)19(22)24/h1,3-4,6-7,9-10,18H,2,5,8,11-12H2,(H2,22,24). The first kappa shape index (κ1) is 18.1. The summed E-state index contributed by atoms with van der Waals surface area (Å²) in [7, 11) is 0. The summed E-state index contributed by atoms with van der Waals surface area (Å²) in [4.78, 5) is 13.6. The van der Waals surface area contributed by atoms with Crippen molar-refractivity contribution >= 4 is 29.1 Å². The lowest BCUT2D eigenvalue weighted by atomic mass is 10.1. The molecule has 0 radical (unpaired) electrons. The van der Waals surface area contributed by atoms with Crippen molar-refractivity contribution in [2.45, 2.75) is 32.0 Å². The number of nitrogens with two attached hydrogens (primary N) is 1. The van der Waals surface area contributed by atoms with Gasteiger partial charge in [-0.25, -0.2) is 0 Å². The molecule has 1 atom stereocenters. The number of rotatable bonds is 6. The molecule has 25 heavy (non-hydrogen) atoms. The monoisotopic (exact) mass is 378 g/mol. The van der Waals surface area contributed by atoms with Crippen molar-refractivity contribution in [3.8, 4) is 5.75 Å². The molecule has 2 aromatic carbocycles. The third-order valence-corrected chi connectivity index (χ3v) is 4.97. The van der Waals surface area contributed by atoms with Gasteiger partial charge in [0.1, 0.15) is 12.4 Å². The molecule has 132 valence electrons. The number of hydrogen-bond donors (Lipinski definition) is 1. The number of primary amides is 1. The van der Waals surface area contributed by atoms with Crippen LogP contribution in [0.4, 0.5) is 0 Å². The molecule has 0 aliphatic carbocycles. The predicted molar refractivity (Wildman–Crippen MR) is 99.9 cm³/mol. The van der Waals surface area contributed by atoms with Gasteiger partial charge in [-0.3, -0.25) is 9.69 Å². The second-order valence-corrected chi connectivity index (χ2v) is 7.05. The minimum Gasteiger partial charge on any atom is -0.489 e. The van der Waals surface area contributed by atoms with Crippen molar-refractivity contribution in [2.24, 2.45) is 5.73 Å². The number of carbonyl (C=O) groups excluding carboxylic acids is 1. The molecule has 1 aliphatic heterocycles. The molecule has 4 nitrogen and oxygen atoms in total. The highest BCUT2D eigenvalue weighted by atomic mass is 35.5. The fourth-order valence-electron chi connectivity index (χ4n) is 3.10. The van der Waals surface area contributed by atoms with E-state index >= 15 is 0 Å². The molecule has 1 heterocycles. The van der Waals surface area contributed by atoms with Crippen molar-refractivity contribution in [1.82, 2.24) is 4.90 Å². The zero-order valence-corrected chi connectivity index (χ0v) is 15.3. The molecule has 3 rings (SSSR count). The summed E-state index contributed by atoms with van der Waals surface area (Å²) >= 11 is 12.4. The largest absolute Gasteiger partial charge is 0.489 e. The normalized spacial score (nSPS) is 17.6. The Morgan fingerprint density at radius 1 is 1.24 bits per heavy atom. The Morgan fingerprint density at radius 2 is 2.08 bits per heavy atom. The first-order valence-corrected chi connectivity index (χ1v) is 8.97. The lowest BCUT2D eigenvalue weighted by molar-refractivity contribution is -0.122. The predicted octanol–water partition coefficient (Wildman–Crippen LogP) is 4.02. The summed E-state index contributed by atoms with van der Waals surface area (Å²) in [5, 5.41) is 1.31. The Morgan fingerprint density at radius 3 is 2.80 bits per heavy atom. The van der Waals surface area contributed by atoms with E-state index in [0.29, 0.717) is 28.9 Å². The average Bonchev–Trinajstić information content (AvgIpc) is 3.04. The Bertz CT molecular complexity index is 767. The minimum atomic E-state index is -0.268. The number of nitrogens with zero attached hydrogens (tertiary/aromatic N) is 1. The molecule has 0 bridgehead atoms. The first-order chi connectivity index (χ1) is 12.0. The Labute approximate surface area is 157 Å². The van der Waals surface area contributed by atoms with Gasteiger partial charge in [0.15, 0.2) is 0 Å².